The zero-order chi connectivity index (χ0) is 29.9. The van der Waals surface area contributed by atoms with E-state index in [-0.39, 0.29) is 16.6 Å². The quantitative estimate of drug-likeness (QED) is 0.200. The van der Waals surface area contributed by atoms with Gasteiger partial charge in [-0.2, -0.15) is 5.26 Å². The van der Waals surface area contributed by atoms with Crippen molar-refractivity contribution in [1.82, 2.24) is 34.8 Å². The molecule has 43 heavy (non-hydrogen) atoms. The lowest BCUT2D eigenvalue weighted by atomic mass is 10.0. The summed E-state index contributed by atoms with van der Waals surface area (Å²) in [4.78, 5) is 15.3. The predicted molar refractivity (Wildman–Crippen MR) is 164 cm³/mol. The molecule has 0 bridgehead atoms. The van der Waals surface area contributed by atoms with E-state index in [9.17, 15) is 9.65 Å². The number of pyridine rings is 1. The van der Waals surface area contributed by atoms with Gasteiger partial charge in [-0.25, -0.2) is 19.0 Å². The molecule has 1 unspecified atom stereocenters. The summed E-state index contributed by atoms with van der Waals surface area (Å²) in [5.74, 6) is -0.541. The lowest BCUT2D eigenvalue weighted by Crippen LogP contribution is -2.34. The molecule has 0 aliphatic carbocycles. The summed E-state index contributed by atoms with van der Waals surface area (Å²) >= 11 is 12.8. The van der Waals surface area contributed by atoms with Crippen molar-refractivity contribution in [2.24, 2.45) is 0 Å². The number of piperidine rings is 1. The molecule has 2 aromatic carbocycles. The zero-order valence-electron chi connectivity index (χ0n) is 23.2. The van der Waals surface area contributed by atoms with Gasteiger partial charge >= 0.3 is 0 Å². The van der Waals surface area contributed by atoms with Crippen LogP contribution in [0.2, 0.25) is 10.0 Å². The summed E-state index contributed by atoms with van der Waals surface area (Å²) in [5.41, 5.74) is 3.88. The largest absolute Gasteiger partial charge is 0.373 e. The molecule has 0 amide bonds. The highest BCUT2D eigenvalue weighted by Crippen LogP contribution is 2.37. The fraction of sp³-hybridized carbons (Fsp3) is 0.267. The van der Waals surface area contributed by atoms with Gasteiger partial charge in [-0.1, -0.05) is 35.3 Å². The van der Waals surface area contributed by atoms with E-state index in [0.717, 1.165) is 38.0 Å². The number of hydrogen-bond acceptors (Lipinski definition) is 9. The van der Waals surface area contributed by atoms with Gasteiger partial charge in [0.2, 0.25) is 0 Å². The number of nitrogens with one attached hydrogen (secondary N) is 2. The van der Waals surface area contributed by atoms with Gasteiger partial charge in [-0.15, -0.1) is 5.10 Å². The molecule has 13 heteroatoms. The van der Waals surface area contributed by atoms with Crippen molar-refractivity contribution in [3.63, 3.8) is 0 Å². The number of rotatable bonds is 8. The molecule has 3 aromatic heterocycles. The smallest absolute Gasteiger partial charge is 0.141 e. The average molecular weight is 618 g/mol. The Morgan fingerprint density at radius 3 is 2.56 bits per heavy atom. The van der Waals surface area contributed by atoms with Crippen LogP contribution in [-0.4, -0.2) is 54.5 Å². The van der Waals surface area contributed by atoms with Gasteiger partial charge < -0.3 is 15.5 Å². The molecular weight excluding hydrogens is 590 g/mol. The maximum atomic E-state index is 13.8. The van der Waals surface area contributed by atoms with E-state index in [1.165, 1.54) is 24.7 Å². The number of aromatic nitrogens is 6. The maximum absolute atomic E-state index is 13.8. The van der Waals surface area contributed by atoms with Crippen LogP contribution >= 0.6 is 23.2 Å². The van der Waals surface area contributed by atoms with Crippen LogP contribution < -0.4 is 10.6 Å². The first kappa shape index (κ1) is 28.7. The molecule has 6 rings (SSSR count). The minimum Gasteiger partial charge on any atom is -0.373 e. The Labute approximate surface area is 257 Å². The Hall–Kier alpha value is -4.37. The number of benzene rings is 2. The van der Waals surface area contributed by atoms with Gasteiger partial charge in [-0.05, 0) is 49.7 Å². The third kappa shape index (κ3) is 6.08. The second-order valence-corrected chi connectivity index (χ2v) is 11.1. The van der Waals surface area contributed by atoms with E-state index in [2.05, 4.69) is 53.8 Å². The summed E-state index contributed by atoms with van der Waals surface area (Å²) in [6.45, 7) is 5.28. The Kier molecular flexibility index (Phi) is 8.33. The third-order valence-electron chi connectivity index (χ3n) is 7.66. The van der Waals surface area contributed by atoms with Crippen LogP contribution in [0.25, 0.3) is 10.9 Å². The summed E-state index contributed by atoms with van der Waals surface area (Å²) < 4.78 is 15.8. The molecule has 0 radical (unpaired) electrons. The van der Waals surface area contributed by atoms with Gasteiger partial charge in [-0.3, -0.25) is 4.98 Å². The Morgan fingerprint density at radius 1 is 1.07 bits per heavy atom. The Bertz CT molecular complexity index is 1800. The van der Waals surface area contributed by atoms with Crippen LogP contribution in [0.15, 0.2) is 61.4 Å². The fourth-order valence-electron chi connectivity index (χ4n) is 5.34. The lowest BCUT2D eigenvalue weighted by Gasteiger charge is -2.30. The maximum Gasteiger partial charge on any atom is 0.141 e. The highest BCUT2D eigenvalue weighted by Gasteiger charge is 2.24. The van der Waals surface area contributed by atoms with Crippen LogP contribution in [0.4, 0.5) is 21.5 Å². The molecular formula is C30H27Cl2FN10. The SMILES string of the molecule is CCN1CCC(n2cc(C(Nc3cc(Cl)c4ncc(C#N)c(Nc5ccc(F)c(Cl)c5)c4c3)c3cncnc3)nn2)CC1. The summed E-state index contributed by atoms with van der Waals surface area (Å²) in [6.07, 6.45) is 10.4. The van der Waals surface area contributed by atoms with Crippen molar-refractivity contribution < 1.29 is 4.39 Å². The predicted octanol–water partition coefficient (Wildman–Crippen LogP) is 6.54. The number of fused-ring (bicyclic) bond motifs is 1. The summed E-state index contributed by atoms with van der Waals surface area (Å²) in [5, 5.41) is 26.6. The van der Waals surface area contributed by atoms with Gasteiger partial charge in [0.05, 0.1) is 39.1 Å². The van der Waals surface area contributed by atoms with Gasteiger partial charge in [0.1, 0.15) is 29.9 Å². The van der Waals surface area contributed by atoms with Crippen LogP contribution in [0.1, 0.15) is 48.7 Å². The van der Waals surface area contributed by atoms with E-state index in [1.807, 2.05) is 16.9 Å². The number of anilines is 3. The topological polar surface area (TPSA) is 120 Å². The zero-order valence-corrected chi connectivity index (χ0v) is 24.7. The van der Waals surface area contributed by atoms with E-state index < -0.39 is 11.9 Å². The lowest BCUT2D eigenvalue weighted by molar-refractivity contribution is 0.186. The number of nitrogens with zero attached hydrogens (tertiary/aromatic N) is 8. The second kappa shape index (κ2) is 12.5. The second-order valence-electron chi connectivity index (χ2n) is 10.3. The first-order valence-electron chi connectivity index (χ1n) is 13.8. The van der Waals surface area contributed by atoms with Gasteiger partial charge in [0, 0.05) is 54.0 Å². The van der Waals surface area contributed by atoms with Crippen molar-refractivity contribution in [1.29, 1.82) is 5.26 Å². The minimum absolute atomic E-state index is 0.0425. The first-order chi connectivity index (χ1) is 20.9. The molecule has 1 aliphatic rings. The van der Waals surface area contributed by atoms with Gasteiger partial charge in [0.25, 0.3) is 0 Å². The molecule has 4 heterocycles. The number of likely N-dealkylation sites (tertiary alicyclic amines) is 1. The molecule has 1 atom stereocenters. The fourth-order valence-corrected chi connectivity index (χ4v) is 5.78. The van der Waals surface area contributed by atoms with E-state index in [0.29, 0.717) is 38.7 Å². The van der Waals surface area contributed by atoms with Crippen LogP contribution in [0.3, 0.4) is 0 Å². The van der Waals surface area contributed by atoms with E-state index >= 15 is 0 Å². The molecule has 0 saturated carbocycles. The number of hydrogen-bond donors (Lipinski definition) is 2. The Morgan fingerprint density at radius 2 is 1.84 bits per heavy atom. The number of nitriles is 1. The van der Waals surface area contributed by atoms with Crippen molar-refractivity contribution in [2.75, 3.05) is 30.3 Å². The average Bonchev–Trinajstić information content (AvgIpc) is 3.52. The van der Waals surface area contributed by atoms with Crippen LogP contribution in [-0.2, 0) is 0 Å². The molecule has 1 saturated heterocycles. The molecule has 1 aliphatic heterocycles. The molecule has 2 N–H and O–H groups in total. The molecule has 0 spiro atoms. The van der Waals surface area contributed by atoms with Crippen LogP contribution in [0, 0.1) is 17.1 Å². The molecule has 10 nitrogen and oxygen atoms in total. The molecule has 218 valence electrons. The van der Waals surface area contributed by atoms with E-state index in [1.54, 1.807) is 24.5 Å². The van der Waals surface area contributed by atoms with Crippen molar-refractivity contribution in [2.45, 2.75) is 31.8 Å². The molecule has 5 aromatic rings. The summed E-state index contributed by atoms with van der Waals surface area (Å²) in [7, 11) is 0. The highest BCUT2D eigenvalue weighted by molar-refractivity contribution is 6.36. The first-order valence-corrected chi connectivity index (χ1v) is 14.6. The summed E-state index contributed by atoms with van der Waals surface area (Å²) in [6, 6.07) is 9.87. The van der Waals surface area contributed by atoms with E-state index in [4.69, 9.17) is 23.2 Å². The minimum atomic E-state index is -0.541. The van der Waals surface area contributed by atoms with Crippen LogP contribution in [0.5, 0.6) is 0 Å². The van der Waals surface area contributed by atoms with Crippen molar-refractivity contribution in [3.05, 3.63) is 94.1 Å². The van der Waals surface area contributed by atoms with Gasteiger partial charge in [0.15, 0.2) is 0 Å². The number of halogens is 3. The monoisotopic (exact) mass is 616 g/mol. The molecule has 1 fully saturated rings. The highest BCUT2D eigenvalue weighted by atomic mass is 35.5. The normalized spacial score (nSPS) is 14.9. The van der Waals surface area contributed by atoms with Crippen molar-refractivity contribution in [3.8, 4) is 6.07 Å². The third-order valence-corrected chi connectivity index (χ3v) is 8.24. The standard InChI is InChI=1S/C30H27Cl2FN10/c1-2-42-7-5-22(6-8-42)43-16-27(40-41-43)29(19-13-35-17-36-14-19)39-21-9-23-28(38-20-3-4-26(33)24(31)10-20)18(12-34)15-37-30(23)25(32)11-21/h3-4,9-11,13-17,22,29,39H,2,5-8H2,1H3,(H,37,38). The Balaban J connectivity index is 1.37. The van der Waals surface area contributed by atoms with Crippen molar-refractivity contribution >= 4 is 51.2 Å².